The van der Waals surface area contributed by atoms with E-state index >= 15 is 0 Å². The van der Waals surface area contributed by atoms with Gasteiger partial charge in [0.15, 0.2) is 0 Å². The van der Waals surface area contributed by atoms with Crippen LogP contribution in [0.5, 0.6) is 0 Å². The Labute approximate surface area is 146 Å². The van der Waals surface area contributed by atoms with E-state index in [-0.39, 0.29) is 17.2 Å². The van der Waals surface area contributed by atoms with Crippen molar-refractivity contribution in [2.75, 3.05) is 16.0 Å². The SMILES string of the molecule is CC(=O)Nc1cccc(C(=O)Nc2ccc(NC(=O)C(F)(F)F)cc2)c1. The molecule has 9 heteroatoms. The lowest BCUT2D eigenvalue weighted by atomic mass is 10.1. The first-order valence-corrected chi connectivity index (χ1v) is 7.32. The van der Waals surface area contributed by atoms with E-state index in [4.69, 9.17) is 0 Å². The normalized spacial score (nSPS) is 10.8. The van der Waals surface area contributed by atoms with E-state index in [1.165, 1.54) is 37.3 Å². The Morgan fingerprint density at radius 1 is 0.808 bits per heavy atom. The number of nitrogens with one attached hydrogen (secondary N) is 3. The monoisotopic (exact) mass is 365 g/mol. The van der Waals surface area contributed by atoms with Crippen LogP contribution in [0.1, 0.15) is 17.3 Å². The third kappa shape index (κ3) is 5.33. The molecule has 0 saturated heterocycles. The van der Waals surface area contributed by atoms with Gasteiger partial charge in [-0.3, -0.25) is 14.4 Å². The highest BCUT2D eigenvalue weighted by Gasteiger charge is 2.38. The maximum Gasteiger partial charge on any atom is 0.471 e. The molecule has 0 atom stereocenters. The molecule has 0 radical (unpaired) electrons. The molecular formula is C17H14F3N3O3. The highest BCUT2D eigenvalue weighted by molar-refractivity contribution is 6.05. The summed E-state index contributed by atoms with van der Waals surface area (Å²) in [4.78, 5) is 34.1. The fraction of sp³-hybridized carbons (Fsp3) is 0.118. The van der Waals surface area contributed by atoms with Gasteiger partial charge in [0.25, 0.3) is 5.91 Å². The summed E-state index contributed by atoms with van der Waals surface area (Å²) < 4.78 is 36.6. The topological polar surface area (TPSA) is 87.3 Å². The number of alkyl halides is 3. The van der Waals surface area contributed by atoms with Gasteiger partial charge < -0.3 is 16.0 Å². The van der Waals surface area contributed by atoms with Crippen LogP contribution in [-0.2, 0) is 9.59 Å². The van der Waals surface area contributed by atoms with Crippen LogP contribution in [0.2, 0.25) is 0 Å². The molecule has 0 aliphatic rings. The smallest absolute Gasteiger partial charge is 0.326 e. The quantitative estimate of drug-likeness (QED) is 0.776. The van der Waals surface area contributed by atoms with Gasteiger partial charge in [0.1, 0.15) is 0 Å². The highest BCUT2D eigenvalue weighted by Crippen LogP contribution is 2.20. The lowest BCUT2D eigenvalue weighted by molar-refractivity contribution is -0.167. The second-order valence-corrected chi connectivity index (χ2v) is 5.25. The molecule has 6 nitrogen and oxygen atoms in total. The summed E-state index contributed by atoms with van der Waals surface area (Å²) in [6.07, 6.45) is -4.98. The van der Waals surface area contributed by atoms with Crippen molar-refractivity contribution >= 4 is 34.8 Å². The molecule has 136 valence electrons. The van der Waals surface area contributed by atoms with Gasteiger partial charge in [-0.25, -0.2) is 0 Å². The van der Waals surface area contributed by atoms with E-state index in [9.17, 15) is 27.6 Å². The molecule has 2 rings (SSSR count). The van der Waals surface area contributed by atoms with Crippen LogP contribution < -0.4 is 16.0 Å². The van der Waals surface area contributed by atoms with Crippen molar-refractivity contribution in [1.82, 2.24) is 0 Å². The van der Waals surface area contributed by atoms with Gasteiger partial charge in [-0.15, -0.1) is 0 Å². The lowest BCUT2D eigenvalue weighted by Crippen LogP contribution is -2.29. The zero-order valence-electron chi connectivity index (χ0n) is 13.5. The second-order valence-electron chi connectivity index (χ2n) is 5.25. The number of amides is 3. The standard InChI is InChI=1S/C17H14F3N3O3/c1-10(24)21-14-4-2-3-11(9-14)15(25)22-12-5-7-13(8-6-12)23-16(26)17(18,19)20/h2-9H,1H3,(H,21,24)(H,22,25)(H,23,26). The Hall–Kier alpha value is -3.36. The Morgan fingerprint density at radius 2 is 1.38 bits per heavy atom. The summed E-state index contributed by atoms with van der Waals surface area (Å²) in [5.41, 5.74) is 1.00. The van der Waals surface area contributed by atoms with Gasteiger partial charge in [0.2, 0.25) is 5.91 Å². The zero-order valence-corrected chi connectivity index (χ0v) is 13.5. The van der Waals surface area contributed by atoms with Crippen molar-refractivity contribution in [2.45, 2.75) is 13.1 Å². The molecule has 2 aromatic carbocycles. The summed E-state index contributed by atoms with van der Waals surface area (Å²) in [5.74, 6) is -2.83. The number of hydrogen-bond acceptors (Lipinski definition) is 3. The van der Waals surface area contributed by atoms with Gasteiger partial charge in [-0.1, -0.05) is 6.07 Å². The predicted octanol–water partition coefficient (Wildman–Crippen LogP) is 3.40. The summed E-state index contributed by atoms with van der Waals surface area (Å²) in [6.45, 7) is 1.34. The maximum absolute atomic E-state index is 12.2. The summed E-state index contributed by atoms with van der Waals surface area (Å²) in [5, 5.41) is 6.82. The minimum atomic E-state index is -4.98. The molecule has 2 aromatic rings. The van der Waals surface area contributed by atoms with E-state index in [2.05, 4.69) is 10.6 Å². The van der Waals surface area contributed by atoms with Crippen LogP contribution in [0, 0.1) is 0 Å². The molecule has 0 spiro atoms. The Balaban J connectivity index is 2.03. The maximum atomic E-state index is 12.2. The molecule has 0 aliphatic heterocycles. The fourth-order valence-electron chi connectivity index (χ4n) is 1.98. The van der Waals surface area contributed by atoms with Gasteiger partial charge in [-0.05, 0) is 42.5 Å². The Kier molecular flexibility index (Phi) is 5.61. The second kappa shape index (κ2) is 7.68. The summed E-state index contributed by atoms with van der Waals surface area (Å²) in [6, 6.07) is 11.4. The number of benzene rings is 2. The molecule has 26 heavy (non-hydrogen) atoms. The highest BCUT2D eigenvalue weighted by atomic mass is 19.4. The number of carbonyl (C=O) groups excluding carboxylic acids is 3. The number of halogens is 3. The van der Waals surface area contributed by atoms with Crippen LogP contribution in [0.4, 0.5) is 30.2 Å². The van der Waals surface area contributed by atoms with Crippen molar-refractivity contribution in [3.05, 3.63) is 54.1 Å². The van der Waals surface area contributed by atoms with Crippen LogP contribution in [0.15, 0.2) is 48.5 Å². The van der Waals surface area contributed by atoms with Crippen LogP contribution in [0.3, 0.4) is 0 Å². The predicted molar refractivity (Wildman–Crippen MR) is 89.8 cm³/mol. The number of hydrogen-bond donors (Lipinski definition) is 3. The van der Waals surface area contributed by atoms with Gasteiger partial charge in [0, 0.05) is 29.5 Å². The Morgan fingerprint density at radius 3 is 1.92 bits per heavy atom. The first-order chi connectivity index (χ1) is 12.1. The number of rotatable bonds is 4. The summed E-state index contributed by atoms with van der Waals surface area (Å²) in [7, 11) is 0. The first kappa shape index (κ1) is 19.0. The molecule has 0 heterocycles. The fourth-order valence-corrected chi connectivity index (χ4v) is 1.98. The first-order valence-electron chi connectivity index (χ1n) is 7.32. The average Bonchev–Trinajstić information content (AvgIpc) is 2.55. The van der Waals surface area contributed by atoms with Crippen LogP contribution in [0.25, 0.3) is 0 Å². The van der Waals surface area contributed by atoms with Crippen molar-refractivity contribution < 1.29 is 27.6 Å². The third-order valence-corrected chi connectivity index (χ3v) is 3.10. The molecular weight excluding hydrogens is 351 g/mol. The van der Waals surface area contributed by atoms with Crippen molar-refractivity contribution in [3.8, 4) is 0 Å². The molecule has 0 saturated carbocycles. The molecule has 0 unspecified atom stereocenters. The van der Waals surface area contributed by atoms with E-state index in [0.29, 0.717) is 11.4 Å². The third-order valence-electron chi connectivity index (χ3n) is 3.10. The minimum Gasteiger partial charge on any atom is -0.326 e. The van der Waals surface area contributed by atoms with Crippen LogP contribution >= 0.6 is 0 Å². The average molecular weight is 365 g/mol. The molecule has 0 aliphatic carbocycles. The summed E-state index contributed by atoms with van der Waals surface area (Å²) >= 11 is 0. The van der Waals surface area contributed by atoms with Crippen molar-refractivity contribution in [1.29, 1.82) is 0 Å². The molecule has 3 amide bonds. The minimum absolute atomic E-state index is 0.0574. The van der Waals surface area contributed by atoms with Crippen molar-refractivity contribution in [2.24, 2.45) is 0 Å². The van der Waals surface area contributed by atoms with E-state index in [1.807, 2.05) is 0 Å². The largest absolute Gasteiger partial charge is 0.471 e. The molecule has 3 N–H and O–H groups in total. The van der Waals surface area contributed by atoms with E-state index in [1.54, 1.807) is 23.5 Å². The van der Waals surface area contributed by atoms with Gasteiger partial charge >= 0.3 is 12.1 Å². The van der Waals surface area contributed by atoms with Crippen LogP contribution in [-0.4, -0.2) is 23.9 Å². The number of anilines is 3. The van der Waals surface area contributed by atoms with E-state index in [0.717, 1.165) is 0 Å². The van der Waals surface area contributed by atoms with Gasteiger partial charge in [0.05, 0.1) is 0 Å². The Bertz CT molecular complexity index is 833. The van der Waals surface area contributed by atoms with E-state index < -0.39 is 18.0 Å². The van der Waals surface area contributed by atoms with Gasteiger partial charge in [-0.2, -0.15) is 13.2 Å². The zero-order chi connectivity index (χ0) is 19.3. The molecule has 0 aromatic heterocycles. The van der Waals surface area contributed by atoms with Crippen molar-refractivity contribution in [3.63, 3.8) is 0 Å². The molecule has 0 fully saturated rings. The lowest BCUT2D eigenvalue weighted by Gasteiger charge is -2.10. The molecule has 0 bridgehead atoms. The number of carbonyl (C=O) groups is 3.